The standard InChI is InChI=1S/C49H78O18/c1-21(2)23-8-13-49(15-14-47(6)24(31(23)49)17-25(52)41-45(4)11-10-30(53)46(5,20-51)29(45)9-12-48(41,47)7)44(62)67-43-38(60)36(58)34(56)28(66-43)19-63-42-39(61)37(59)40(27(18-50)65-42)64-26-16-22(3)32(54)35(57)33(26)55/h20,22-43,50,52-61H,1,8-19H2,2-7H3/t22-,23+,24-,25-,26-,27-,28-,29-,30-,31-,32+,33+,34-,35-,36+,37-,38-,39-,40-,41-,42-,43+,45+,46+,47-,48-,49+/m1/s1. The first-order valence-corrected chi connectivity index (χ1v) is 24.7. The molecule has 11 N–H and O–H groups in total. The number of aliphatic hydroxyl groups excluding tert-OH is 11. The molecule has 0 aromatic rings. The van der Waals surface area contributed by atoms with Crippen LogP contribution in [0.1, 0.15) is 106 Å². The molecule has 8 fully saturated rings. The van der Waals surface area contributed by atoms with Crippen molar-refractivity contribution in [3.8, 4) is 0 Å². The predicted molar refractivity (Wildman–Crippen MR) is 234 cm³/mol. The summed E-state index contributed by atoms with van der Waals surface area (Å²) in [6, 6.07) is 0. The van der Waals surface area contributed by atoms with E-state index in [1.54, 1.807) is 6.92 Å². The van der Waals surface area contributed by atoms with Gasteiger partial charge in [0.15, 0.2) is 6.29 Å². The zero-order valence-corrected chi connectivity index (χ0v) is 39.7. The lowest BCUT2D eigenvalue weighted by Crippen LogP contribution is -2.70. The quantitative estimate of drug-likeness (QED) is 0.0770. The number of aldehydes is 1. The molecule has 6 saturated carbocycles. The molecule has 18 nitrogen and oxygen atoms in total. The lowest BCUT2D eigenvalue weighted by molar-refractivity contribution is -0.337. The third kappa shape index (κ3) is 7.84. The Morgan fingerprint density at radius 2 is 1.39 bits per heavy atom. The van der Waals surface area contributed by atoms with Crippen LogP contribution in [0.5, 0.6) is 0 Å². The molecule has 2 aliphatic heterocycles. The second kappa shape index (κ2) is 18.4. The third-order valence-corrected chi connectivity index (χ3v) is 20.1. The number of hydrogen-bond donors (Lipinski definition) is 11. The van der Waals surface area contributed by atoms with Crippen LogP contribution in [0.3, 0.4) is 0 Å². The Morgan fingerprint density at radius 1 is 0.731 bits per heavy atom. The largest absolute Gasteiger partial charge is 0.432 e. The Hall–Kier alpha value is -1.72. The highest BCUT2D eigenvalue weighted by Gasteiger charge is 2.74. The van der Waals surface area contributed by atoms with Crippen LogP contribution in [0.25, 0.3) is 0 Å². The van der Waals surface area contributed by atoms with E-state index in [-0.39, 0.29) is 46.8 Å². The van der Waals surface area contributed by atoms with Crippen LogP contribution < -0.4 is 0 Å². The first-order chi connectivity index (χ1) is 31.4. The maximum Gasteiger partial charge on any atom is 0.314 e. The molecule has 382 valence electrons. The number of carbonyl (C=O) groups is 2. The summed E-state index contributed by atoms with van der Waals surface area (Å²) in [4.78, 5) is 27.7. The van der Waals surface area contributed by atoms with Gasteiger partial charge in [-0.25, -0.2) is 0 Å². The summed E-state index contributed by atoms with van der Waals surface area (Å²) < 4.78 is 29.5. The average Bonchev–Trinajstić information content (AvgIpc) is 3.70. The fraction of sp³-hybridized carbons (Fsp3) is 0.918. The van der Waals surface area contributed by atoms with Crippen LogP contribution in [0, 0.1) is 62.6 Å². The Kier molecular flexibility index (Phi) is 14.2. The second-order valence-corrected chi connectivity index (χ2v) is 23.3. The van der Waals surface area contributed by atoms with E-state index in [2.05, 4.69) is 27.4 Å². The van der Waals surface area contributed by atoms with Crippen molar-refractivity contribution >= 4 is 12.3 Å². The van der Waals surface area contributed by atoms with Crippen LogP contribution in [0.15, 0.2) is 12.2 Å². The Labute approximate surface area is 392 Å². The van der Waals surface area contributed by atoms with Gasteiger partial charge in [-0.2, -0.15) is 0 Å². The molecule has 6 aliphatic carbocycles. The minimum atomic E-state index is -1.87. The van der Waals surface area contributed by atoms with E-state index in [0.29, 0.717) is 44.9 Å². The molecule has 0 unspecified atom stereocenters. The fourth-order valence-electron chi connectivity index (χ4n) is 16.1. The Balaban J connectivity index is 0.979. The molecule has 27 atom stereocenters. The van der Waals surface area contributed by atoms with Crippen molar-refractivity contribution in [2.45, 2.75) is 204 Å². The lowest BCUT2D eigenvalue weighted by atomic mass is 9.31. The molecule has 67 heavy (non-hydrogen) atoms. The lowest BCUT2D eigenvalue weighted by Gasteiger charge is -2.73. The van der Waals surface area contributed by atoms with Crippen molar-refractivity contribution in [3.05, 3.63) is 12.2 Å². The van der Waals surface area contributed by atoms with Gasteiger partial charge in [0, 0.05) is 0 Å². The molecule has 8 rings (SSSR count). The Morgan fingerprint density at radius 3 is 2.04 bits per heavy atom. The number of hydrogen-bond acceptors (Lipinski definition) is 18. The first-order valence-electron chi connectivity index (χ1n) is 24.7. The molecule has 0 amide bonds. The van der Waals surface area contributed by atoms with Gasteiger partial charge in [-0.1, -0.05) is 46.8 Å². The van der Waals surface area contributed by atoms with Crippen molar-refractivity contribution < 1.29 is 89.4 Å². The number of allylic oxidation sites excluding steroid dienone is 1. The normalized spacial score (nSPS) is 56.4. The van der Waals surface area contributed by atoms with Gasteiger partial charge in [0.25, 0.3) is 0 Å². The number of carbonyl (C=O) groups excluding carboxylic acids is 2. The zero-order valence-electron chi connectivity index (χ0n) is 39.7. The number of esters is 1. The third-order valence-electron chi connectivity index (χ3n) is 20.1. The minimum absolute atomic E-state index is 0.0869. The maximum atomic E-state index is 15.0. The summed E-state index contributed by atoms with van der Waals surface area (Å²) >= 11 is 0. The van der Waals surface area contributed by atoms with Gasteiger partial charge < -0.3 is 84.7 Å². The number of rotatable bonds is 10. The molecule has 0 spiro atoms. The maximum absolute atomic E-state index is 15.0. The van der Waals surface area contributed by atoms with Crippen LogP contribution >= 0.6 is 0 Å². The van der Waals surface area contributed by atoms with Crippen molar-refractivity contribution in [2.75, 3.05) is 13.2 Å². The predicted octanol–water partition coefficient (Wildman–Crippen LogP) is -0.163. The highest BCUT2D eigenvalue weighted by Crippen LogP contribution is 2.77. The van der Waals surface area contributed by atoms with Crippen LogP contribution in [-0.4, -0.2) is 180 Å². The number of aliphatic hydroxyl groups is 11. The summed E-state index contributed by atoms with van der Waals surface area (Å²) in [5.74, 6) is -1.93. The smallest absolute Gasteiger partial charge is 0.314 e. The Bertz CT molecular complexity index is 1840. The summed E-state index contributed by atoms with van der Waals surface area (Å²) in [5.41, 5.74) is -2.24. The van der Waals surface area contributed by atoms with Gasteiger partial charge in [-0.05, 0) is 123 Å². The molecule has 0 bridgehead atoms. The monoisotopic (exact) mass is 955 g/mol. The van der Waals surface area contributed by atoms with E-state index in [1.807, 2.05) is 13.8 Å². The van der Waals surface area contributed by atoms with E-state index >= 15 is 0 Å². The topological polar surface area (TPSA) is 303 Å². The minimum Gasteiger partial charge on any atom is -0.432 e. The van der Waals surface area contributed by atoms with Crippen molar-refractivity contribution in [3.63, 3.8) is 0 Å². The molecule has 2 heterocycles. The molecule has 18 heteroatoms. The van der Waals surface area contributed by atoms with Crippen molar-refractivity contribution in [1.29, 1.82) is 0 Å². The van der Waals surface area contributed by atoms with Gasteiger partial charge in [-0.3, -0.25) is 4.79 Å². The zero-order chi connectivity index (χ0) is 49.1. The SMILES string of the molecule is C=C(C)[C@@H]1CC[C@]2(C(=O)O[C@@H]3O[C@H](CO[C@@H]4O[C@H](CO)[C@@H](O[C@@H]5C[C@@H](C)[C@H](O)[C@@H](O)[C@H]5O)[C@H](O)[C@H]4O)[C@@H](O)[C@H](O)[C@H]3O)CC[C@]3(C)[C@H](C[C@@H](O)[C@@H]4[C@@]5(C)CC[C@@H](O)[C@@](C)(C=O)[C@@H]5CC[C@]43C)[C@@H]12. The van der Waals surface area contributed by atoms with Crippen LogP contribution in [0.4, 0.5) is 0 Å². The molecule has 0 radical (unpaired) electrons. The highest BCUT2D eigenvalue weighted by molar-refractivity contribution is 5.78. The van der Waals surface area contributed by atoms with Crippen LogP contribution in [0.2, 0.25) is 0 Å². The van der Waals surface area contributed by atoms with Crippen molar-refractivity contribution in [2.24, 2.45) is 62.6 Å². The first kappa shape index (κ1) is 51.6. The average molecular weight is 955 g/mol. The van der Waals surface area contributed by atoms with Gasteiger partial charge >= 0.3 is 5.97 Å². The van der Waals surface area contributed by atoms with Crippen molar-refractivity contribution in [1.82, 2.24) is 0 Å². The number of fused-ring (bicyclic) bond motifs is 7. The van der Waals surface area contributed by atoms with Gasteiger partial charge in [0.05, 0.1) is 48.5 Å². The summed E-state index contributed by atoms with van der Waals surface area (Å²) in [6.07, 6.45) is -17.4. The summed E-state index contributed by atoms with van der Waals surface area (Å²) in [7, 11) is 0. The van der Waals surface area contributed by atoms with E-state index in [9.17, 15) is 65.8 Å². The summed E-state index contributed by atoms with van der Waals surface area (Å²) in [5, 5.41) is 121. The van der Waals surface area contributed by atoms with Crippen LogP contribution in [-0.2, 0) is 33.3 Å². The summed E-state index contributed by atoms with van der Waals surface area (Å²) in [6.45, 7) is 15.3. The van der Waals surface area contributed by atoms with Gasteiger partial charge in [-0.15, -0.1) is 0 Å². The molecular formula is C49H78O18. The second-order valence-electron chi connectivity index (χ2n) is 23.3. The van der Waals surface area contributed by atoms with E-state index in [0.717, 1.165) is 24.7 Å². The fourth-order valence-corrected chi connectivity index (χ4v) is 16.1. The highest BCUT2D eigenvalue weighted by atomic mass is 16.7. The van der Waals surface area contributed by atoms with E-state index in [4.69, 9.17) is 23.7 Å². The molecule has 2 saturated heterocycles. The van der Waals surface area contributed by atoms with Gasteiger partial charge in [0.1, 0.15) is 67.3 Å². The molecule has 8 aliphatic rings. The molecule has 0 aromatic heterocycles. The van der Waals surface area contributed by atoms with E-state index < -0.39 is 139 Å². The molecule has 0 aromatic carbocycles. The number of ether oxygens (including phenoxy) is 5. The van der Waals surface area contributed by atoms with E-state index in [1.165, 1.54) is 0 Å². The van der Waals surface area contributed by atoms with Gasteiger partial charge in [0.2, 0.25) is 6.29 Å². The molecular weight excluding hydrogens is 877 g/mol.